The summed E-state index contributed by atoms with van der Waals surface area (Å²) in [5, 5.41) is 0. The van der Waals surface area contributed by atoms with Gasteiger partial charge in [0.1, 0.15) is 0 Å². The maximum absolute atomic E-state index is 12.4. The van der Waals surface area contributed by atoms with Crippen molar-refractivity contribution in [2.24, 2.45) is 0 Å². The van der Waals surface area contributed by atoms with E-state index < -0.39 is 18.4 Å². The van der Waals surface area contributed by atoms with Crippen LogP contribution < -0.4 is 5.46 Å². The summed E-state index contributed by atoms with van der Waals surface area (Å²) < 4.78 is 48.0. The largest absolute Gasteiger partial charge is 0.511 e. The van der Waals surface area contributed by atoms with Gasteiger partial charge in [-0.05, 0) is 15.9 Å². The Morgan fingerprint density at radius 2 is 1.92 bits per heavy atom. The summed E-state index contributed by atoms with van der Waals surface area (Å²) in [6, 6.07) is 0.669. The van der Waals surface area contributed by atoms with Gasteiger partial charge in [0.15, 0.2) is 0 Å². The topological polar surface area (TPSA) is 12.9 Å². The molecule has 0 aromatic carbocycles. The van der Waals surface area contributed by atoms with Crippen molar-refractivity contribution in [3.8, 4) is 0 Å². The van der Waals surface area contributed by atoms with Crippen LogP contribution in [0.5, 0.6) is 0 Å². The molecule has 0 fully saturated rings. The molecule has 66 valence electrons. The number of hydrogen-bond acceptors (Lipinski definition) is 1. The zero-order valence-electron chi connectivity index (χ0n) is 5.57. The molecule has 1 aromatic heterocycles. The lowest BCUT2D eigenvalue weighted by Gasteiger charge is -2.13. The Kier molecular flexibility index (Phi) is 2.41. The molecule has 0 unspecified atom stereocenters. The molecule has 1 heterocycles. The van der Waals surface area contributed by atoms with Crippen LogP contribution in [-0.2, 0) is 0 Å². The highest BCUT2D eigenvalue weighted by atomic mass is 79.9. The molecule has 0 saturated carbocycles. The van der Waals surface area contributed by atoms with Crippen LogP contribution in [0.15, 0.2) is 16.7 Å². The molecule has 1 rings (SSSR count). The standard InChI is InChI=1S/C5H2BBrF4N/c7-4-1-3(6(9,10)11)2-12-5(4)8/h1-2H/q-1. The summed E-state index contributed by atoms with van der Waals surface area (Å²) in [6.07, 6.45) is 0.472. The molecule has 7 heteroatoms. The first-order chi connectivity index (χ1) is 5.41. The predicted molar refractivity (Wildman–Crippen MR) is 40.6 cm³/mol. The molecule has 0 aliphatic carbocycles. The lowest BCUT2D eigenvalue weighted by molar-refractivity contribution is 0.499. The number of aromatic nitrogens is 1. The summed E-state index contributed by atoms with van der Waals surface area (Å²) in [7, 11) is 0. The molecule has 0 radical (unpaired) electrons. The Hall–Kier alpha value is -0.585. The molecule has 1 aromatic rings. The van der Waals surface area contributed by atoms with E-state index in [9.17, 15) is 17.3 Å². The Morgan fingerprint density at radius 1 is 1.33 bits per heavy atom. The molecule has 0 bridgehead atoms. The number of hydrogen-bond donors (Lipinski definition) is 0. The van der Waals surface area contributed by atoms with E-state index in [0.717, 1.165) is 0 Å². The van der Waals surface area contributed by atoms with Gasteiger partial charge in [-0.15, -0.1) is 0 Å². The third kappa shape index (κ3) is 1.97. The number of pyridine rings is 1. The minimum absolute atomic E-state index is 0.279. The average molecular weight is 243 g/mol. The highest BCUT2D eigenvalue weighted by Gasteiger charge is 2.26. The normalized spacial score (nSPS) is 11.8. The van der Waals surface area contributed by atoms with Crippen molar-refractivity contribution in [3.05, 3.63) is 22.7 Å². The quantitative estimate of drug-likeness (QED) is 0.417. The van der Waals surface area contributed by atoms with Crippen LogP contribution in [0.1, 0.15) is 0 Å². The van der Waals surface area contributed by atoms with Gasteiger partial charge in [-0.25, -0.2) is 4.98 Å². The predicted octanol–water partition coefficient (Wildman–Crippen LogP) is 2.04. The molecule has 0 N–H and O–H groups in total. The van der Waals surface area contributed by atoms with Gasteiger partial charge in [-0.2, -0.15) is 4.39 Å². The Balaban J connectivity index is 3.14. The van der Waals surface area contributed by atoms with Crippen molar-refractivity contribution in [2.45, 2.75) is 0 Å². The van der Waals surface area contributed by atoms with Crippen molar-refractivity contribution in [3.63, 3.8) is 0 Å². The fourth-order valence-corrected chi connectivity index (χ4v) is 0.982. The van der Waals surface area contributed by atoms with Crippen LogP contribution in [0.25, 0.3) is 0 Å². The van der Waals surface area contributed by atoms with E-state index in [0.29, 0.717) is 12.3 Å². The van der Waals surface area contributed by atoms with Gasteiger partial charge in [0, 0.05) is 6.20 Å². The van der Waals surface area contributed by atoms with Crippen molar-refractivity contribution >= 4 is 28.4 Å². The first-order valence-corrected chi connectivity index (χ1v) is 3.71. The zero-order valence-corrected chi connectivity index (χ0v) is 7.16. The Morgan fingerprint density at radius 3 is 2.33 bits per heavy atom. The van der Waals surface area contributed by atoms with E-state index in [1.54, 1.807) is 0 Å². The minimum atomic E-state index is -5.10. The molecular weight excluding hydrogens is 241 g/mol. The van der Waals surface area contributed by atoms with Crippen LogP contribution in [-0.4, -0.2) is 12.0 Å². The van der Waals surface area contributed by atoms with Crippen LogP contribution in [0, 0.1) is 5.95 Å². The van der Waals surface area contributed by atoms with E-state index in [1.807, 2.05) is 0 Å². The van der Waals surface area contributed by atoms with E-state index in [1.165, 1.54) is 0 Å². The third-order valence-electron chi connectivity index (χ3n) is 1.20. The third-order valence-corrected chi connectivity index (χ3v) is 1.75. The van der Waals surface area contributed by atoms with E-state index in [-0.39, 0.29) is 4.47 Å². The summed E-state index contributed by atoms with van der Waals surface area (Å²) in [6.45, 7) is -5.10. The van der Waals surface area contributed by atoms with Crippen LogP contribution in [0.2, 0.25) is 0 Å². The second-order valence-electron chi connectivity index (χ2n) is 2.12. The molecule has 1 nitrogen and oxygen atoms in total. The van der Waals surface area contributed by atoms with Crippen LogP contribution >= 0.6 is 15.9 Å². The molecule has 0 spiro atoms. The summed E-state index contributed by atoms with van der Waals surface area (Å²) in [5.41, 5.74) is -0.914. The van der Waals surface area contributed by atoms with E-state index in [2.05, 4.69) is 20.9 Å². The first kappa shape index (κ1) is 9.50. The average Bonchev–Trinajstić information content (AvgIpc) is 1.92. The second-order valence-corrected chi connectivity index (χ2v) is 2.97. The number of nitrogens with zero attached hydrogens (tertiary/aromatic N) is 1. The van der Waals surface area contributed by atoms with Crippen LogP contribution in [0.3, 0.4) is 0 Å². The van der Waals surface area contributed by atoms with Crippen molar-refractivity contribution in [2.75, 3.05) is 0 Å². The molecule has 0 aliphatic rings. The maximum Gasteiger partial charge on any atom is 0.511 e. The van der Waals surface area contributed by atoms with Gasteiger partial charge < -0.3 is 12.9 Å². The molecular formula is C5H2BBrF4N-. The molecule has 12 heavy (non-hydrogen) atoms. The Bertz CT molecular complexity index is 300. The summed E-state index contributed by atoms with van der Waals surface area (Å²) >= 11 is 2.61. The molecule has 0 saturated heterocycles. The lowest BCUT2D eigenvalue weighted by Crippen LogP contribution is -2.34. The van der Waals surface area contributed by atoms with Gasteiger partial charge in [0.05, 0.1) is 4.47 Å². The monoisotopic (exact) mass is 242 g/mol. The first-order valence-electron chi connectivity index (χ1n) is 2.92. The molecule has 0 aliphatic heterocycles. The SMILES string of the molecule is Fc1ncc([B-](F)(F)F)cc1Br. The van der Waals surface area contributed by atoms with Gasteiger partial charge in [-0.1, -0.05) is 11.5 Å². The van der Waals surface area contributed by atoms with E-state index in [4.69, 9.17) is 0 Å². The fraction of sp³-hybridized carbons (Fsp3) is 0. The van der Waals surface area contributed by atoms with Crippen molar-refractivity contribution in [1.82, 2.24) is 4.98 Å². The maximum atomic E-state index is 12.4. The molecule has 0 atom stereocenters. The number of halogens is 5. The highest BCUT2D eigenvalue weighted by Crippen LogP contribution is 2.14. The van der Waals surface area contributed by atoms with Gasteiger partial charge >= 0.3 is 6.98 Å². The van der Waals surface area contributed by atoms with Crippen molar-refractivity contribution in [1.29, 1.82) is 0 Å². The zero-order chi connectivity index (χ0) is 9.35. The smallest absolute Gasteiger partial charge is 0.445 e. The summed E-state index contributed by atoms with van der Waals surface area (Å²) in [4.78, 5) is 2.93. The van der Waals surface area contributed by atoms with Gasteiger partial charge in [0.2, 0.25) is 5.95 Å². The minimum Gasteiger partial charge on any atom is -0.445 e. The van der Waals surface area contributed by atoms with E-state index >= 15 is 0 Å². The second kappa shape index (κ2) is 3.04. The van der Waals surface area contributed by atoms with Crippen molar-refractivity contribution < 1.29 is 17.3 Å². The summed E-state index contributed by atoms with van der Waals surface area (Å²) in [5.74, 6) is -0.946. The van der Waals surface area contributed by atoms with Crippen LogP contribution in [0.4, 0.5) is 17.3 Å². The highest BCUT2D eigenvalue weighted by molar-refractivity contribution is 9.10. The van der Waals surface area contributed by atoms with Gasteiger partial charge in [-0.3, -0.25) is 0 Å². The lowest BCUT2D eigenvalue weighted by atomic mass is 9.82. The fourth-order valence-electron chi connectivity index (χ4n) is 0.615. The Labute approximate surface area is 74.0 Å². The number of rotatable bonds is 1. The van der Waals surface area contributed by atoms with Gasteiger partial charge in [0.25, 0.3) is 0 Å². The molecule has 0 amide bonds.